The van der Waals surface area contributed by atoms with E-state index < -0.39 is 0 Å². The lowest BCUT2D eigenvalue weighted by atomic mass is 10.1. The number of urea groups is 1. The minimum Gasteiger partial charge on any atom is -0.339 e. The fraction of sp³-hybridized carbons (Fsp3) is 0.529. The van der Waals surface area contributed by atoms with Gasteiger partial charge in [-0.05, 0) is 38.5 Å². The highest BCUT2D eigenvalue weighted by atomic mass is 35.5. The molecule has 3 amide bonds. The van der Waals surface area contributed by atoms with Crippen molar-refractivity contribution < 1.29 is 9.59 Å². The lowest BCUT2D eigenvalue weighted by Gasteiger charge is -2.36. The number of halogens is 1. The third kappa shape index (κ3) is 5.43. The molecule has 1 aliphatic heterocycles. The topological polar surface area (TPSA) is 52.7 Å². The Morgan fingerprint density at radius 2 is 1.57 bits per heavy atom. The first-order valence-corrected chi connectivity index (χ1v) is 8.22. The van der Waals surface area contributed by atoms with Gasteiger partial charge in [-0.2, -0.15) is 0 Å². The molecule has 0 radical (unpaired) electrons. The fourth-order valence-corrected chi connectivity index (χ4v) is 2.57. The molecule has 0 aliphatic carbocycles. The maximum Gasteiger partial charge on any atom is 0.317 e. The number of rotatable bonds is 2. The Kier molecular flexibility index (Phi) is 5.52. The molecule has 1 aromatic carbocycles. The Bertz CT molecular complexity index is 558. The second-order valence-electron chi connectivity index (χ2n) is 6.85. The minimum absolute atomic E-state index is 0.0673. The average Bonchev–Trinajstić information content (AvgIpc) is 2.48. The maximum atomic E-state index is 12.3. The summed E-state index contributed by atoms with van der Waals surface area (Å²) in [6.45, 7) is 8.14. The third-order valence-corrected chi connectivity index (χ3v) is 3.92. The van der Waals surface area contributed by atoms with Crippen molar-refractivity contribution in [1.29, 1.82) is 0 Å². The van der Waals surface area contributed by atoms with E-state index in [0.717, 1.165) is 5.56 Å². The van der Waals surface area contributed by atoms with E-state index in [-0.39, 0.29) is 17.5 Å². The molecule has 0 atom stereocenters. The largest absolute Gasteiger partial charge is 0.339 e. The number of carbonyl (C=O) groups excluding carboxylic acids is 2. The van der Waals surface area contributed by atoms with Crippen LogP contribution in [0.1, 0.15) is 26.3 Å². The van der Waals surface area contributed by atoms with Gasteiger partial charge in [-0.15, -0.1) is 0 Å². The average molecular weight is 338 g/mol. The summed E-state index contributed by atoms with van der Waals surface area (Å²) >= 11 is 5.85. The van der Waals surface area contributed by atoms with Crippen molar-refractivity contribution in [3.05, 3.63) is 34.9 Å². The van der Waals surface area contributed by atoms with Crippen LogP contribution >= 0.6 is 11.6 Å². The Balaban J connectivity index is 1.83. The second kappa shape index (κ2) is 7.21. The van der Waals surface area contributed by atoms with Gasteiger partial charge in [-0.3, -0.25) is 4.79 Å². The zero-order valence-corrected chi connectivity index (χ0v) is 14.7. The summed E-state index contributed by atoms with van der Waals surface area (Å²) in [4.78, 5) is 28.0. The molecule has 0 spiro atoms. The summed E-state index contributed by atoms with van der Waals surface area (Å²) in [5, 5.41) is 3.62. The number of carbonyl (C=O) groups is 2. The van der Waals surface area contributed by atoms with Gasteiger partial charge < -0.3 is 15.1 Å². The van der Waals surface area contributed by atoms with E-state index in [1.807, 2.05) is 37.8 Å². The van der Waals surface area contributed by atoms with Crippen LogP contribution in [0.4, 0.5) is 4.79 Å². The summed E-state index contributed by atoms with van der Waals surface area (Å²) in [5.74, 6) is 0.0863. The molecular formula is C17H24ClN3O2. The maximum absolute atomic E-state index is 12.3. The van der Waals surface area contributed by atoms with E-state index in [4.69, 9.17) is 11.6 Å². The Hall–Kier alpha value is -1.75. The summed E-state index contributed by atoms with van der Waals surface area (Å²) in [6, 6.07) is 7.25. The predicted octanol–water partition coefficient (Wildman–Crippen LogP) is 2.53. The van der Waals surface area contributed by atoms with Crippen molar-refractivity contribution in [2.75, 3.05) is 26.2 Å². The quantitative estimate of drug-likeness (QED) is 0.901. The first-order chi connectivity index (χ1) is 10.7. The number of benzene rings is 1. The number of hydrogen-bond acceptors (Lipinski definition) is 2. The molecular weight excluding hydrogens is 314 g/mol. The lowest BCUT2D eigenvalue weighted by Crippen LogP contribution is -2.56. The van der Waals surface area contributed by atoms with Crippen molar-refractivity contribution in [3.8, 4) is 0 Å². The molecule has 23 heavy (non-hydrogen) atoms. The van der Waals surface area contributed by atoms with Crippen LogP contribution in [0, 0.1) is 0 Å². The number of amides is 3. The zero-order chi connectivity index (χ0) is 17.0. The highest BCUT2D eigenvalue weighted by Crippen LogP contribution is 2.12. The van der Waals surface area contributed by atoms with Gasteiger partial charge in [0.25, 0.3) is 0 Å². The van der Waals surface area contributed by atoms with Gasteiger partial charge in [0.15, 0.2) is 0 Å². The molecule has 1 N–H and O–H groups in total. The van der Waals surface area contributed by atoms with Crippen LogP contribution < -0.4 is 5.32 Å². The van der Waals surface area contributed by atoms with Crippen LogP contribution in [0.25, 0.3) is 0 Å². The van der Waals surface area contributed by atoms with Crippen molar-refractivity contribution >= 4 is 23.5 Å². The van der Waals surface area contributed by atoms with E-state index in [2.05, 4.69) is 5.32 Å². The molecule has 0 saturated carbocycles. The van der Waals surface area contributed by atoms with Crippen molar-refractivity contribution in [2.45, 2.75) is 32.7 Å². The molecule has 1 fully saturated rings. The highest BCUT2D eigenvalue weighted by Gasteiger charge is 2.26. The van der Waals surface area contributed by atoms with E-state index in [1.165, 1.54) is 0 Å². The molecule has 5 nitrogen and oxygen atoms in total. The normalized spacial score (nSPS) is 15.5. The summed E-state index contributed by atoms with van der Waals surface area (Å²) in [6.07, 6.45) is 0.366. The van der Waals surface area contributed by atoms with Crippen LogP contribution in [0.3, 0.4) is 0 Å². The number of piperazine rings is 1. The molecule has 1 aromatic rings. The number of hydrogen-bond donors (Lipinski definition) is 1. The highest BCUT2D eigenvalue weighted by molar-refractivity contribution is 6.30. The monoisotopic (exact) mass is 337 g/mol. The molecule has 1 heterocycles. The lowest BCUT2D eigenvalue weighted by molar-refractivity contribution is -0.131. The van der Waals surface area contributed by atoms with E-state index in [0.29, 0.717) is 37.6 Å². The predicted molar refractivity (Wildman–Crippen MR) is 91.6 cm³/mol. The number of nitrogens with zero attached hydrogens (tertiary/aromatic N) is 2. The first kappa shape index (κ1) is 17.6. The SMILES string of the molecule is CC(C)(C)NC(=O)N1CCN(C(=O)Cc2ccc(Cl)cc2)CC1. The second-order valence-corrected chi connectivity index (χ2v) is 7.29. The van der Waals surface area contributed by atoms with Crippen LogP contribution in [-0.2, 0) is 11.2 Å². The molecule has 1 aliphatic rings. The van der Waals surface area contributed by atoms with Crippen LogP contribution in [-0.4, -0.2) is 53.5 Å². The van der Waals surface area contributed by atoms with E-state index >= 15 is 0 Å². The van der Waals surface area contributed by atoms with Gasteiger partial charge in [0.05, 0.1) is 6.42 Å². The standard InChI is InChI=1S/C17H24ClN3O2/c1-17(2,3)19-16(23)21-10-8-20(9-11-21)15(22)12-13-4-6-14(18)7-5-13/h4-7H,8-12H2,1-3H3,(H,19,23). The van der Waals surface area contributed by atoms with Gasteiger partial charge in [-0.25, -0.2) is 4.79 Å². The molecule has 126 valence electrons. The summed E-state index contributed by atoms with van der Waals surface area (Å²) in [7, 11) is 0. The summed E-state index contributed by atoms with van der Waals surface area (Å²) in [5.41, 5.74) is 0.700. The fourth-order valence-electron chi connectivity index (χ4n) is 2.45. The minimum atomic E-state index is -0.251. The molecule has 0 aromatic heterocycles. The first-order valence-electron chi connectivity index (χ1n) is 7.84. The third-order valence-electron chi connectivity index (χ3n) is 3.67. The Labute approximate surface area is 142 Å². The van der Waals surface area contributed by atoms with Crippen molar-refractivity contribution in [1.82, 2.24) is 15.1 Å². The molecule has 0 unspecified atom stereocenters. The van der Waals surface area contributed by atoms with Gasteiger partial charge in [0.1, 0.15) is 0 Å². The smallest absolute Gasteiger partial charge is 0.317 e. The van der Waals surface area contributed by atoms with Crippen LogP contribution in [0.2, 0.25) is 5.02 Å². The summed E-state index contributed by atoms with van der Waals surface area (Å²) < 4.78 is 0. The van der Waals surface area contributed by atoms with Gasteiger partial charge in [0, 0.05) is 36.7 Å². The molecule has 2 rings (SSSR count). The van der Waals surface area contributed by atoms with Crippen LogP contribution in [0.15, 0.2) is 24.3 Å². The molecule has 6 heteroatoms. The van der Waals surface area contributed by atoms with Gasteiger partial charge >= 0.3 is 6.03 Å². The van der Waals surface area contributed by atoms with Crippen molar-refractivity contribution in [3.63, 3.8) is 0 Å². The van der Waals surface area contributed by atoms with Crippen molar-refractivity contribution in [2.24, 2.45) is 0 Å². The Morgan fingerprint density at radius 3 is 2.09 bits per heavy atom. The molecule has 0 bridgehead atoms. The Morgan fingerprint density at radius 1 is 1.04 bits per heavy atom. The number of nitrogens with one attached hydrogen (secondary N) is 1. The van der Waals surface area contributed by atoms with Crippen LogP contribution in [0.5, 0.6) is 0 Å². The van der Waals surface area contributed by atoms with Gasteiger partial charge in [0.2, 0.25) is 5.91 Å². The zero-order valence-electron chi connectivity index (χ0n) is 13.9. The van der Waals surface area contributed by atoms with E-state index in [1.54, 1.807) is 17.0 Å². The molecule has 1 saturated heterocycles. The van der Waals surface area contributed by atoms with E-state index in [9.17, 15) is 9.59 Å². The van der Waals surface area contributed by atoms with Gasteiger partial charge in [-0.1, -0.05) is 23.7 Å².